The van der Waals surface area contributed by atoms with E-state index in [2.05, 4.69) is 5.32 Å². The van der Waals surface area contributed by atoms with Crippen LogP contribution >= 0.6 is 0 Å². The molecule has 2 heterocycles. The largest absolute Gasteiger partial charge is 0.508 e. The van der Waals surface area contributed by atoms with Crippen molar-refractivity contribution in [2.75, 3.05) is 32.7 Å². The van der Waals surface area contributed by atoms with Gasteiger partial charge >= 0.3 is 23.6 Å². The fourth-order valence-electron chi connectivity index (χ4n) is 6.84. The number of benzene rings is 2. The lowest BCUT2D eigenvalue weighted by Gasteiger charge is -2.41. The zero-order chi connectivity index (χ0) is 31.1. The third kappa shape index (κ3) is 7.89. The van der Waals surface area contributed by atoms with E-state index in [1.165, 1.54) is 19.3 Å². The maximum absolute atomic E-state index is 13.4. The number of piperazine rings is 2. The van der Waals surface area contributed by atoms with E-state index in [4.69, 9.17) is 0 Å². The highest BCUT2D eigenvalue weighted by atomic mass is 16.3. The van der Waals surface area contributed by atoms with Crippen LogP contribution in [0, 0.1) is 5.92 Å². The van der Waals surface area contributed by atoms with Crippen molar-refractivity contribution >= 4 is 23.6 Å². The van der Waals surface area contributed by atoms with E-state index in [1.807, 2.05) is 24.3 Å². The Balaban J connectivity index is 1.19. The number of nitrogens with zero attached hydrogens (tertiary/aromatic N) is 3. The first kappa shape index (κ1) is 31.3. The van der Waals surface area contributed by atoms with Crippen LogP contribution in [0.25, 0.3) is 0 Å². The van der Waals surface area contributed by atoms with E-state index < -0.39 is 23.6 Å². The smallest absolute Gasteiger partial charge is 0.312 e. The third-order valence-electron chi connectivity index (χ3n) is 9.38. The number of phenolic OH excluding ortho intramolecular Hbond substituents is 2. The SMILES string of the molecule is O=C1NC[C@@H](CCCCN2C[C@H](Cc3ccc(O)cc3)N(CCc3ccc(O)cc3)C(=O)C2=O)N(CC2CCCCC2)C1=O. The Morgan fingerprint density at radius 2 is 1.36 bits per heavy atom. The summed E-state index contributed by atoms with van der Waals surface area (Å²) < 4.78 is 0. The number of amides is 4. The van der Waals surface area contributed by atoms with Gasteiger partial charge in [0, 0.05) is 38.8 Å². The molecule has 2 aliphatic heterocycles. The number of carbonyl (C=O) groups is 4. The van der Waals surface area contributed by atoms with Crippen LogP contribution in [-0.2, 0) is 32.0 Å². The van der Waals surface area contributed by atoms with Crippen LogP contribution in [-0.4, -0.2) is 93.3 Å². The molecule has 44 heavy (non-hydrogen) atoms. The van der Waals surface area contributed by atoms with Gasteiger partial charge in [0.15, 0.2) is 0 Å². The molecule has 1 saturated carbocycles. The number of aromatic hydroxyl groups is 2. The quantitative estimate of drug-likeness (QED) is 0.252. The van der Waals surface area contributed by atoms with Gasteiger partial charge < -0.3 is 30.2 Å². The number of hydrogen-bond acceptors (Lipinski definition) is 6. The van der Waals surface area contributed by atoms with Gasteiger partial charge in [-0.1, -0.05) is 43.5 Å². The second-order valence-corrected chi connectivity index (χ2v) is 12.5. The van der Waals surface area contributed by atoms with Crippen LogP contribution in [0.2, 0.25) is 0 Å². The molecule has 4 amide bonds. The minimum atomic E-state index is -0.524. The lowest BCUT2D eigenvalue weighted by atomic mass is 9.88. The fourth-order valence-corrected chi connectivity index (χ4v) is 6.84. The van der Waals surface area contributed by atoms with Gasteiger partial charge in [-0.25, -0.2) is 0 Å². The summed E-state index contributed by atoms with van der Waals surface area (Å²) in [5.41, 5.74) is 1.93. The summed E-state index contributed by atoms with van der Waals surface area (Å²) in [4.78, 5) is 56.7. The van der Waals surface area contributed by atoms with Crippen LogP contribution in [0.5, 0.6) is 11.5 Å². The zero-order valence-corrected chi connectivity index (χ0v) is 25.3. The summed E-state index contributed by atoms with van der Waals surface area (Å²) in [6.45, 7) is 2.31. The van der Waals surface area contributed by atoms with Crippen molar-refractivity contribution in [3.05, 3.63) is 59.7 Å². The summed E-state index contributed by atoms with van der Waals surface area (Å²) >= 11 is 0. The average Bonchev–Trinajstić information content (AvgIpc) is 3.03. The van der Waals surface area contributed by atoms with E-state index in [9.17, 15) is 29.4 Å². The Morgan fingerprint density at radius 1 is 0.705 bits per heavy atom. The minimum absolute atomic E-state index is 0.0570. The van der Waals surface area contributed by atoms with Crippen LogP contribution in [0.15, 0.2) is 48.5 Å². The lowest BCUT2D eigenvalue weighted by Crippen LogP contribution is -2.60. The molecule has 0 unspecified atom stereocenters. The second-order valence-electron chi connectivity index (χ2n) is 12.5. The average molecular weight is 605 g/mol. The van der Waals surface area contributed by atoms with Gasteiger partial charge in [-0.15, -0.1) is 0 Å². The normalized spacial score (nSPS) is 21.6. The number of nitrogens with one attached hydrogen (secondary N) is 1. The van der Waals surface area contributed by atoms with Crippen molar-refractivity contribution in [1.82, 2.24) is 20.0 Å². The highest BCUT2D eigenvalue weighted by molar-refractivity contribution is 6.36. The van der Waals surface area contributed by atoms with Gasteiger partial charge in [0.2, 0.25) is 0 Å². The van der Waals surface area contributed by atoms with E-state index in [-0.39, 0.29) is 23.6 Å². The third-order valence-corrected chi connectivity index (χ3v) is 9.38. The van der Waals surface area contributed by atoms with Crippen LogP contribution in [0.1, 0.15) is 62.5 Å². The van der Waals surface area contributed by atoms with E-state index >= 15 is 0 Å². The molecule has 0 bridgehead atoms. The molecular weight excluding hydrogens is 560 g/mol. The van der Waals surface area contributed by atoms with Gasteiger partial charge in [-0.2, -0.15) is 0 Å². The number of phenols is 2. The summed E-state index contributed by atoms with van der Waals surface area (Å²) in [7, 11) is 0. The van der Waals surface area contributed by atoms with E-state index in [0.29, 0.717) is 57.9 Å². The maximum atomic E-state index is 13.4. The monoisotopic (exact) mass is 604 g/mol. The Bertz CT molecular complexity index is 1310. The van der Waals surface area contributed by atoms with Crippen LogP contribution in [0.4, 0.5) is 0 Å². The number of unbranched alkanes of at least 4 members (excludes halogenated alkanes) is 1. The van der Waals surface area contributed by atoms with Gasteiger partial charge in [0.05, 0.1) is 6.04 Å². The number of carbonyl (C=O) groups excluding carboxylic acids is 4. The van der Waals surface area contributed by atoms with Crippen molar-refractivity contribution in [1.29, 1.82) is 0 Å². The Kier molecular flexibility index (Phi) is 10.4. The summed E-state index contributed by atoms with van der Waals surface area (Å²) in [5.74, 6) is -1.19. The molecule has 0 radical (unpaired) electrons. The summed E-state index contributed by atoms with van der Waals surface area (Å²) in [6, 6.07) is 13.5. The van der Waals surface area contributed by atoms with E-state index in [0.717, 1.165) is 36.8 Å². The molecule has 1 aliphatic carbocycles. The molecule has 5 rings (SSSR count). The molecule has 3 aliphatic rings. The van der Waals surface area contributed by atoms with Gasteiger partial charge in [0.1, 0.15) is 11.5 Å². The predicted octanol–water partition coefficient (Wildman–Crippen LogP) is 3.00. The Hall–Kier alpha value is -4.08. The molecule has 10 nitrogen and oxygen atoms in total. The van der Waals surface area contributed by atoms with Crippen molar-refractivity contribution < 1.29 is 29.4 Å². The number of hydrogen-bond donors (Lipinski definition) is 3. The lowest BCUT2D eigenvalue weighted by molar-refractivity contribution is -0.159. The second kappa shape index (κ2) is 14.6. The van der Waals surface area contributed by atoms with E-state index in [1.54, 1.807) is 39.0 Å². The minimum Gasteiger partial charge on any atom is -0.508 e. The molecule has 10 heteroatoms. The molecule has 3 fully saturated rings. The standard InChI is InChI=1S/C34H44N4O6/c39-29-13-9-24(10-14-29)17-19-37-28(20-25-11-15-30(40)16-12-25)23-36(33(43)34(37)44)18-5-4-8-27-21-35-31(41)32(42)38(27)22-26-6-2-1-3-7-26/h9-16,26-28,39-40H,1-8,17-23H2,(H,35,41)/t27-,28+/m1/s1. The van der Waals surface area contributed by atoms with Gasteiger partial charge in [-0.05, 0) is 86.3 Å². The topological polar surface area (TPSA) is 130 Å². The molecule has 3 N–H and O–H groups in total. The number of rotatable bonds is 12. The van der Waals surface area contributed by atoms with Gasteiger partial charge in [-0.3, -0.25) is 19.2 Å². The molecule has 2 saturated heterocycles. The molecule has 236 valence electrons. The first-order chi connectivity index (χ1) is 21.3. The molecule has 0 spiro atoms. The van der Waals surface area contributed by atoms with Crippen molar-refractivity contribution in [3.63, 3.8) is 0 Å². The molecular formula is C34H44N4O6. The highest BCUT2D eigenvalue weighted by Crippen LogP contribution is 2.27. The first-order valence-corrected chi connectivity index (χ1v) is 16.0. The van der Waals surface area contributed by atoms with Gasteiger partial charge in [0.25, 0.3) is 0 Å². The molecule has 0 aromatic heterocycles. The fraction of sp³-hybridized carbons (Fsp3) is 0.529. The zero-order valence-electron chi connectivity index (χ0n) is 25.3. The summed E-state index contributed by atoms with van der Waals surface area (Å²) in [6.07, 6.45) is 9.06. The van der Waals surface area contributed by atoms with Crippen molar-refractivity contribution in [2.24, 2.45) is 5.92 Å². The Labute approximate surface area is 259 Å². The summed E-state index contributed by atoms with van der Waals surface area (Å²) in [5, 5.41) is 22.1. The van der Waals surface area contributed by atoms with Crippen LogP contribution in [0.3, 0.4) is 0 Å². The molecule has 2 aromatic carbocycles. The molecule has 2 atom stereocenters. The van der Waals surface area contributed by atoms with Crippen molar-refractivity contribution in [2.45, 2.75) is 76.3 Å². The predicted molar refractivity (Wildman–Crippen MR) is 165 cm³/mol. The van der Waals surface area contributed by atoms with Crippen LogP contribution < -0.4 is 5.32 Å². The Morgan fingerprint density at radius 3 is 2.05 bits per heavy atom. The highest BCUT2D eigenvalue weighted by Gasteiger charge is 2.39. The maximum Gasteiger partial charge on any atom is 0.312 e. The molecule has 2 aromatic rings. The first-order valence-electron chi connectivity index (χ1n) is 16.0. The van der Waals surface area contributed by atoms with Crippen molar-refractivity contribution in [3.8, 4) is 11.5 Å².